The molecule has 0 saturated carbocycles. The second-order valence-electron chi connectivity index (χ2n) is 4.81. The molecule has 0 aromatic rings. The number of piperazine rings is 1. The van der Waals surface area contributed by atoms with Crippen LogP contribution in [-0.2, 0) is 9.59 Å². The molecule has 2 atom stereocenters. The average molecular weight is 236 g/mol. The number of carbonyl (C=O) groups is 2. The minimum absolute atomic E-state index is 0.0161. The third kappa shape index (κ3) is 2.68. The van der Waals surface area contributed by atoms with Crippen LogP contribution < -0.4 is 5.32 Å². The highest BCUT2D eigenvalue weighted by Gasteiger charge is 2.35. The van der Waals surface area contributed by atoms with E-state index in [-0.39, 0.29) is 30.4 Å². The van der Waals surface area contributed by atoms with Crippen molar-refractivity contribution in [2.75, 3.05) is 6.54 Å². The van der Waals surface area contributed by atoms with Crippen LogP contribution in [0.4, 0.5) is 0 Å². The summed E-state index contributed by atoms with van der Waals surface area (Å²) in [5.74, 6) is 0.0874. The Morgan fingerprint density at radius 3 is 2.88 bits per heavy atom. The van der Waals surface area contributed by atoms with Crippen molar-refractivity contribution in [1.82, 2.24) is 10.2 Å². The predicted octanol–water partition coefficient (Wildman–Crippen LogP) is 1.22. The highest BCUT2D eigenvalue weighted by atomic mass is 16.2. The summed E-state index contributed by atoms with van der Waals surface area (Å²) in [6.45, 7) is 2.26. The summed E-state index contributed by atoms with van der Waals surface area (Å²) >= 11 is 0. The van der Waals surface area contributed by atoms with E-state index < -0.39 is 0 Å². The number of nitrogens with one attached hydrogen (secondary N) is 1. The molecule has 0 spiro atoms. The first-order valence-electron chi connectivity index (χ1n) is 6.47. The largest absolute Gasteiger partial charge is 0.343 e. The number of amides is 2. The van der Waals surface area contributed by atoms with Gasteiger partial charge in [0.15, 0.2) is 0 Å². The molecular weight excluding hydrogens is 216 g/mol. The van der Waals surface area contributed by atoms with Crippen LogP contribution in [0.2, 0.25) is 0 Å². The van der Waals surface area contributed by atoms with Crippen LogP contribution >= 0.6 is 0 Å². The van der Waals surface area contributed by atoms with Crippen molar-refractivity contribution >= 4 is 11.8 Å². The third-order valence-electron chi connectivity index (χ3n) is 3.49. The molecule has 17 heavy (non-hydrogen) atoms. The molecule has 4 heteroatoms. The van der Waals surface area contributed by atoms with Gasteiger partial charge in [0.2, 0.25) is 11.8 Å². The number of nitrogens with zero attached hydrogens (tertiary/aromatic N) is 1. The predicted molar refractivity (Wildman–Crippen MR) is 65.3 cm³/mol. The average Bonchev–Trinajstić information content (AvgIpc) is 2.35. The quantitative estimate of drug-likeness (QED) is 0.749. The second-order valence-corrected chi connectivity index (χ2v) is 4.81. The first-order valence-corrected chi connectivity index (χ1v) is 6.47. The molecule has 1 aliphatic carbocycles. The maximum Gasteiger partial charge on any atom is 0.245 e. The van der Waals surface area contributed by atoms with Crippen molar-refractivity contribution in [2.45, 2.75) is 51.1 Å². The van der Waals surface area contributed by atoms with Gasteiger partial charge in [0.05, 0.1) is 6.54 Å². The third-order valence-corrected chi connectivity index (χ3v) is 3.49. The van der Waals surface area contributed by atoms with Crippen LogP contribution in [0, 0.1) is 0 Å². The number of rotatable bonds is 3. The summed E-state index contributed by atoms with van der Waals surface area (Å²) in [7, 11) is 0. The Morgan fingerprint density at radius 1 is 1.41 bits per heavy atom. The van der Waals surface area contributed by atoms with Gasteiger partial charge in [0.25, 0.3) is 0 Å². The van der Waals surface area contributed by atoms with Gasteiger partial charge in [0, 0.05) is 6.04 Å². The van der Waals surface area contributed by atoms with Crippen molar-refractivity contribution in [2.24, 2.45) is 0 Å². The van der Waals surface area contributed by atoms with Gasteiger partial charge in [-0.1, -0.05) is 25.5 Å². The first kappa shape index (κ1) is 12.1. The highest BCUT2D eigenvalue weighted by molar-refractivity contribution is 5.95. The van der Waals surface area contributed by atoms with Crippen LogP contribution in [0.5, 0.6) is 0 Å². The van der Waals surface area contributed by atoms with Crippen molar-refractivity contribution < 1.29 is 9.59 Å². The molecule has 2 amide bonds. The Kier molecular flexibility index (Phi) is 3.82. The van der Waals surface area contributed by atoms with Gasteiger partial charge in [-0.25, -0.2) is 0 Å². The van der Waals surface area contributed by atoms with Gasteiger partial charge in [-0.2, -0.15) is 0 Å². The van der Waals surface area contributed by atoms with Crippen molar-refractivity contribution in [1.29, 1.82) is 0 Å². The first-order chi connectivity index (χ1) is 8.22. The lowest BCUT2D eigenvalue weighted by Crippen LogP contribution is -2.60. The van der Waals surface area contributed by atoms with E-state index in [2.05, 4.69) is 17.5 Å². The molecule has 1 N–H and O–H groups in total. The van der Waals surface area contributed by atoms with Gasteiger partial charge >= 0.3 is 0 Å². The van der Waals surface area contributed by atoms with E-state index in [4.69, 9.17) is 0 Å². The summed E-state index contributed by atoms with van der Waals surface area (Å²) in [5.41, 5.74) is 0. The fourth-order valence-electron chi connectivity index (χ4n) is 2.59. The smallest absolute Gasteiger partial charge is 0.245 e. The minimum Gasteiger partial charge on any atom is -0.343 e. The maximum absolute atomic E-state index is 12.2. The molecule has 1 fully saturated rings. The Balaban J connectivity index is 2.07. The summed E-state index contributed by atoms with van der Waals surface area (Å²) < 4.78 is 0. The number of carbonyl (C=O) groups excluding carboxylic acids is 2. The SMILES string of the molecule is CCCC1NC(=O)CN(C2CC=CCC2)C1=O. The summed E-state index contributed by atoms with van der Waals surface area (Å²) in [5, 5.41) is 2.79. The van der Waals surface area contributed by atoms with E-state index in [1.807, 2.05) is 6.92 Å². The van der Waals surface area contributed by atoms with Gasteiger partial charge < -0.3 is 10.2 Å². The molecule has 1 aliphatic heterocycles. The van der Waals surface area contributed by atoms with Crippen LogP contribution in [0.25, 0.3) is 0 Å². The maximum atomic E-state index is 12.2. The van der Waals surface area contributed by atoms with E-state index >= 15 is 0 Å². The van der Waals surface area contributed by atoms with Crippen LogP contribution in [-0.4, -0.2) is 35.3 Å². The molecule has 1 saturated heterocycles. The molecule has 1 heterocycles. The van der Waals surface area contributed by atoms with Crippen molar-refractivity contribution in [3.63, 3.8) is 0 Å². The minimum atomic E-state index is -0.299. The van der Waals surface area contributed by atoms with Crippen LogP contribution in [0.15, 0.2) is 12.2 Å². The Morgan fingerprint density at radius 2 is 2.24 bits per heavy atom. The van der Waals surface area contributed by atoms with Gasteiger partial charge in [-0.15, -0.1) is 0 Å². The molecular formula is C13H20N2O2. The van der Waals surface area contributed by atoms with Gasteiger partial charge in [-0.3, -0.25) is 9.59 Å². The standard InChI is InChI=1S/C13H20N2O2/c1-2-6-11-13(17)15(9-12(16)14-11)10-7-4-3-5-8-10/h3-4,10-11H,2,5-9H2,1H3,(H,14,16). The lowest BCUT2D eigenvalue weighted by atomic mass is 9.97. The Labute approximate surface area is 102 Å². The van der Waals surface area contributed by atoms with E-state index in [0.29, 0.717) is 0 Å². The summed E-state index contributed by atoms with van der Waals surface area (Å²) in [6, 6.07) is -0.0786. The number of hydrogen-bond donors (Lipinski definition) is 1. The zero-order valence-corrected chi connectivity index (χ0v) is 10.3. The van der Waals surface area contributed by atoms with Gasteiger partial charge in [0.1, 0.15) is 6.04 Å². The number of hydrogen-bond acceptors (Lipinski definition) is 2. The van der Waals surface area contributed by atoms with Crippen LogP contribution in [0.3, 0.4) is 0 Å². The lowest BCUT2D eigenvalue weighted by molar-refractivity contribution is -0.147. The molecule has 2 unspecified atom stereocenters. The van der Waals surface area contributed by atoms with E-state index in [0.717, 1.165) is 32.1 Å². The summed E-state index contributed by atoms with van der Waals surface area (Å²) in [4.78, 5) is 25.7. The number of allylic oxidation sites excluding steroid dienone is 1. The van der Waals surface area contributed by atoms with E-state index in [1.54, 1.807) is 4.90 Å². The molecule has 94 valence electrons. The summed E-state index contributed by atoms with van der Waals surface area (Å²) in [6.07, 6.45) is 8.79. The van der Waals surface area contributed by atoms with Gasteiger partial charge in [-0.05, 0) is 25.7 Å². The molecule has 0 aromatic heterocycles. The highest BCUT2D eigenvalue weighted by Crippen LogP contribution is 2.20. The second kappa shape index (κ2) is 5.34. The van der Waals surface area contributed by atoms with Crippen LogP contribution in [0.1, 0.15) is 39.0 Å². The lowest BCUT2D eigenvalue weighted by Gasteiger charge is -2.38. The Bertz CT molecular complexity index is 338. The molecule has 0 aromatic carbocycles. The fraction of sp³-hybridized carbons (Fsp3) is 0.692. The molecule has 2 rings (SSSR count). The molecule has 4 nitrogen and oxygen atoms in total. The zero-order chi connectivity index (χ0) is 12.3. The van der Waals surface area contributed by atoms with Crippen molar-refractivity contribution in [3.05, 3.63) is 12.2 Å². The topological polar surface area (TPSA) is 49.4 Å². The fourth-order valence-corrected chi connectivity index (χ4v) is 2.59. The molecule has 2 aliphatic rings. The van der Waals surface area contributed by atoms with Crippen molar-refractivity contribution in [3.8, 4) is 0 Å². The van der Waals surface area contributed by atoms with E-state index in [9.17, 15) is 9.59 Å². The monoisotopic (exact) mass is 236 g/mol. The molecule has 0 radical (unpaired) electrons. The zero-order valence-electron chi connectivity index (χ0n) is 10.3. The molecule has 0 bridgehead atoms. The normalized spacial score (nSPS) is 29.4. The Hall–Kier alpha value is -1.32. The van der Waals surface area contributed by atoms with E-state index in [1.165, 1.54) is 0 Å².